The van der Waals surface area contributed by atoms with Crippen LogP contribution in [0.15, 0.2) is 24.3 Å². The number of alkyl halides is 3. The highest BCUT2D eigenvalue weighted by atomic mass is 19.4. The number of nitrogens with zero attached hydrogens (tertiary/aromatic N) is 3. The molecule has 0 spiro atoms. The third-order valence-electron chi connectivity index (χ3n) is 4.81. The van der Waals surface area contributed by atoms with Gasteiger partial charge in [-0.2, -0.15) is 13.2 Å². The van der Waals surface area contributed by atoms with Gasteiger partial charge in [0.2, 0.25) is 5.91 Å². The molecule has 0 atom stereocenters. The van der Waals surface area contributed by atoms with Gasteiger partial charge in [0.25, 0.3) is 5.91 Å². The van der Waals surface area contributed by atoms with Crippen LogP contribution in [0, 0.1) is 0 Å². The average molecular weight is 385 g/mol. The Balaban J connectivity index is 2.04. The minimum atomic E-state index is -4.57. The molecule has 5 nitrogen and oxygen atoms in total. The van der Waals surface area contributed by atoms with Gasteiger partial charge in [-0.3, -0.25) is 14.5 Å². The first-order valence-corrected chi connectivity index (χ1v) is 9.23. The summed E-state index contributed by atoms with van der Waals surface area (Å²) in [6, 6.07) is 4.87. The van der Waals surface area contributed by atoms with Gasteiger partial charge in [-0.05, 0) is 32.4 Å². The number of halogens is 3. The summed E-state index contributed by atoms with van der Waals surface area (Å²) in [5, 5.41) is 0. The second-order valence-corrected chi connectivity index (χ2v) is 6.53. The molecule has 150 valence electrons. The molecule has 2 amide bonds. The number of likely N-dealkylation sites (N-methyl/N-ethyl adjacent to an activating group) is 1. The molecule has 0 saturated carbocycles. The maximum atomic E-state index is 13.2. The number of rotatable bonds is 5. The van der Waals surface area contributed by atoms with Crippen molar-refractivity contribution in [1.82, 2.24) is 14.7 Å². The summed E-state index contributed by atoms with van der Waals surface area (Å²) in [6.45, 7) is 7.17. The summed E-state index contributed by atoms with van der Waals surface area (Å²) in [5.74, 6) is -0.581. The van der Waals surface area contributed by atoms with Crippen LogP contribution in [-0.2, 0) is 11.0 Å². The van der Waals surface area contributed by atoms with E-state index < -0.39 is 17.6 Å². The van der Waals surface area contributed by atoms with Crippen molar-refractivity contribution in [2.75, 3.05) is 45.8 Å². The zero-order valence-electron chi connectivity index (χ0n) is 15.8. The predicted molar refractivity (Wildman–Crippen MR) is 96.3 cm³/mol. The van der Waals surface area contributed by atoms with E-state index in [4.69, 9.17) is 0 Å². The Morgan fingerprint density at radius 1 is 1.04 bits per heavy atom. The van der Waals surface area contributed by atoms with E-state index in [0.717, 1.165) is 6.07 Å². The molecule has 27 heavy (non-hydrogen) atoms. The summed E-state index contributed by atoms with van der Waals surface area (Å²) < 4.78 is 39.6. The van der Waals surface area contributed by atoms with Gasteiger partial charge in [0.05, 0.1) is 17.7 Å². The van der Waals surface area contributed by atoms with Gasteiger partial charge in [-0.25, -0.2) is 0 Å². The van der Waals surface area contributed by atoms with E-state index in [1.165, 1.54) is 23.1 Å². The summed E-state index contributed by atoms with van der Waals surface area (Å²) >= 11 is 0. The summed E-state index contributed by atoms with van der Waals surface area (Å²) in [5.41, 5.74) is -1.23. The molecular formula is C19H26F3N3O2. The molecule has 0 N–H and O–H groups in total. The van der Waals surface area contributed by atoms with Crippen molar-refractivity contribution >= 4 is 11.8 Å². The number of benzene rings is 1. The SMILES string of the molecule is CCN(CC)C(=O)CN1CCCN(C(=O)c2ccccc2C(F)(F)F)CC1. The van der Waals surface area contributed by atoms with Crippen LogP contribution in [0.3, 0.4) is 0 Å². The molecule has 1 saturated heterocycles. The number of hydrogen-bond donors (Lipinski definition) is 0. The van der Waals surface area contributed by atoms with Crippen molar-refractivity contribution in [2.24, 2.45) is 0 Å². The lowest BCUT2D eigenvalue weighted by atomic mass is 10.1. The maximum absolute atomic E-state index is 13.2. The van der Waals surface area contributed by atoms with Crippen LogP contribution in [0.2, 0.25) is 0 Å². The average Bonchev–Trinajstić information content (AvgIpc) is 2.87. The van der Waals surface area contributed by atoms with Gasteiger partial charge in [0, 0.05) is 39.3 Å². The summed E-state index contributed by atoms with van der Waals surface area (Å²) in [7, 11) is 0. The van der Waals surface area contributed by atoms with Gasteiger partial charge < -0.3 is 9.80 Å². The summed E-state index contributed by atoms with van der Waals surface area (Å²) in [4.78, 5) is 30.1. The lowest BCUT2D eigenvalue weighted by molar-refractivity contribution is -0.138. The molecule has 1 aromatic rings. The zero-order chi connectivity index (χ0) is 20.0. The van der Waals surface area contributed by atoms with Crippen molar-refractivity contribution in [3.05, 3.63) is 35.4 Å². The molecule has 1 aliphatic rings. The molecule has 0 aliphatic carbocycles. The molecular weight excluding hydrogens is 359 g/mol. The van der Waals surface area contributed by atoms with E-state index in [-0.39, 0.29) is 18.0 Å². The van der Waals surface area contributed by atoms with Crippen molar-refractivity contribution < 1.29 is 22.8 Å². The second-order valence-electron chi connectivity index (χ2n) is 6.53. The number of carbonyl (C=O) groups is 2. The highest BCUT2D eigenvalue weighted by molar-refractivity contribution is 5.96. The normalized spacial score (nSPS) is 16.1. The number of carbonyl (C=O) groups excluding carboxylic acids is 2. The first-order valence-electron chi connectivity index (χ1n) is 9.23. The molecule has 0 radical (unpaired) electrons. The van der Waals surface area contributed by atoms with E-state index in [9.17, 15) is 22.8 Å². The van der Waals surface area contributed by atoms with Gasteiger partial charge in [0.15, 0.2) is 0 Å². The monoisotopic (exact) mass is 385 g/mol. The lowest BCUT2D eigenvalue weighted by Gasteiger charge is -2.25. The molecule has 1 aliphatic heterocycles. The van der Waals surface area contributed by atoms with Crippen LogP contribution in [0.25, 0.3) is 0 Å². The van der Waals surface area contributed by atoms with Gasteiger partial charge in [-0.15, -0.1) is 0 Å². The molecule has 1 fully saturated rings. The topological polar surface area (TPSA) is 43.9 Å². The van der Waals surface area contributed by atoms with Gasteiger partial charge in [0.1, 0.15) is 0 Å². The van der Waals surface area contributed by atoms with Crippen LogP contribution in [-0.4, -0.2) is 72.3 Å². The lowest BCUT2D eigenvalue weighted by Crippen LogP contribution is -2.42. The third kappa shape index (κ3) is 5.45. The molecule has 0 unspecified atom stereocenters. The summed E-state index contributed by atoms with van der Waals surface area (Å²) in [6.07, 6.45) is -3.95. The van der Waals surface area contributed by atoms with Crippen molar-refractivity contribution in [2.45, 2.75) is 26.4 Å². The van der Waals surface area contributed by atoms with E-state index in [2.05, 4.69) is 0 Å². The Morgan fingerprint density at radius 2 is 1.70 bits per heavy atom. The Kier molecular flexibility index (Phi) is 7.24. The Hall–Kier alpha value is -2.09. The fourth-order valence-corrected chi connectivity index (χ4v) is 3.29. The van der Waals surface area contributed by atoms with Crippen molar-refractivity contribution in [3.63, 3.8) is 0 Å². The number of amides is 2. The van der Waals surface area contributed by atoms with Crippen LogP contribution >= 0.6 is 0 Å². The van der Waals surface area contributed by atoms with Crippen molar-refractivity contribution in [1.29, 1.82) is 0 Å². The van der Waals surface area contributed by atoms with Crippen molar-refractivity contribution in [3.8, 4) is 0 Å². The fourth-order valence-electron chi connectivity index (χ4n) is 3.29. The van der Waals surface area contributed by atoms with E-state index in [0.29, 0.717) is 45.7 Å². The van der Waals surface area contributed by atoms with Gasteiger partial charge >= 0.3 is 6.18 Å². The molecule has 0 aromatic heterocycles. The van der Waals surface area contributed by atoms with E-state index >= 15 is 0 Å². The smallest absolute Gasteiger partial charge is 0.342 e. The fraction of sp³-hybridized carbons (Fsp3) is 0.579. The third-order valence-corrected chi connectivity index (χ3v) is 4.81. The minimum absolute atomic E-state index is 0.0298. The number of hydrogen-bond acceptors (Lipinski definition) is 3. The molecule has 2 rings (SSSR count). The first kappa shape index (κ1) is 21.2. The largest absolute Gasteiger partial charge is 0.417 e. The minimum Gasteiger partial charge on any atom is -0.342 e. The molecule has 0 bridgehead atoms. The Labute approximate surface area is 157 Å². The maximum Gasteiger partial charge on any atom is 0.417 e. The second kappa shape index (κ2) is 9.21. The first-order chi connectivity index (χ1) is 12.8. The standard InChI is InChI=1S/C19H26F3N3O2/c1-3-24(4-2)17(26)14-23-10-7-11-25(13-12-23)18(27)15-8-5-6-9-16(15)19(20,21)22/h5-6,8-9H,3-4,7,10-14H2,1-2H3. The highest BCUT2D eigenvalue weighted by Crippen LogP contribution is 2.32. The molecule has 1 aromatic carbocycles. The van der Waals surface area contributed by atoms with E-state index in [1.54, 1.807) is 4.90 Å². The quantitative estimate of drug-likeness (QED) is 0.783. The molecule has 8 heteroatoms. The Bertz CT molecular complexity index is 660. The van der Waals surface area contributed by atoms with Crippen LogP contribution in [0.5, 0.6) is 0 Å². The van der Waals surface area contributed by atoms with E-state index in [1.807, 2.05) is 18.7 Å². The highest BCUT2D eigenvalue weighted by Gasteiger charge is 2.36. The van der Waals surface area contributed by atoms with Crippen LogP contribution in [0.4, 0.5) is 13.2 Å². The van der Waals surface area contributed by atoms with Crippen LogP contribution in [0.1, 0.15) is 36.2 Å². The Morgan fingerprint density at radius 3 is 2.33 bits per heavy atom. The van der Waals surface area contributed by atoms with Crippen LogP contribution < -0.4 is 0 Å². The zero-order valence-corrected chi connectivity index (χ0v) is 15.8. The van der Waals surface area contributed by atoms with Gasteiger partial charge in [-0.1, -0.05) is 12.1 Å². The predicted octanol–water partition coefficient (Wildman–Crippen LogP) is 2.72. The molecule has 1 heterocycles.